The van der Waals surface area contributed by atoms with Crippen LogP contribution in [0.4, 0.5) is 0 Å². The molecule has 1 N–H and O–H groups in total. The molecule has 1 aliphatic rings. The Morgan fingerprint density at radius 3 is 2.94 bits per heavy atom. The maximum absolute atomic E-state index is 11.9. The lowest BCUT2D eigenvalue weighted by molar-refractivity contribution is 0.115. The number of hydrogen-bond donors (Lipinski definition) is 1. The molecule has 2 aromatic rings. The predicted octanol–water partition coefficient (Wildman–Crippen LogP) is 0.259. The van der Waals surface area contributed by atoms with E-state index in [0.29, 0.717) is 4.60 Å². The molecule has 1 unspecified atom stereocenters. The molecule has 0 aliphatic heterocycles. The summed E-state index contributed by atoms with van der Waals surface area (Å²) in [6.07, 6.45) is 0.928. The van der Waals surface area contributed by atoms with E-state index < -0.39 is 6.10 Å². The Bertz CT molecular complexity index is 614. The number of hydrogen-bond acceptors (Lipinski definition) is 6. The average molecular weight is 316 g/mol. The summed E-state index contributed by atoms with van der Waals surface area (Å²) in [5.41, 5.74) is -0.310. The lowest BCUT2D eigenvalue weighted by atomic mass is 10.3. The summed E-state index contributed by atoms with van der Waals surface area (Å²) in [5, 5.41) is 21.0. The Balaban J connectivity index is 1.78. The Labute approximate surface area is 109 Å². The van der Waals surface area contributed by atoms with E-state index >= 15 is 0 Å². The maximum atomic E-state index is 11.9. The van der Waals surface area contributed by atoms with Gasteiger partial charge in [0.2, 0.25) is 0 Å². The van der Waals surface area contributed by atoms with Crippen LogP contribution in [0.15, 0.2) is 20.0 Å². The zero-order valence-electron chi connectivity index (χ0n) is 9.23. The highest BCUT2D eigenvalue weighted by molar-refractivity contribution is 9.10. The van der Waals surface area contributed by atoms with Gasteiger partial charge in [0.05, 0.1) is 12.6 Å². The van der Waals surface area contributed by atoms with Gasteiger partial charge >= 0.3 is 5.69 Å². The van der Waals surface area contributed by atoms with Gasteiger partial charge in [-0.3, -0.25) is 0 Å². The zero-order valence-corrected chi connectivity index (χ0v) is 10.8. The Hall–Kier alpha value is -1.48. The van der Waals surface area contributed by atoms with Crippen molar-refractivity contribution in [2.75, 3.05) is 0 Å². The van der Waals surface area contributed by atoms with Crippen molar-refractivity contribution in [2.24, 2.45) is 0 Å². The molecule has 2 aromatic heterocycles. The molecular formula is C9H10BrN5O3. The summed E-state index contributed by atoms with van der Waals surface area (Å²) in [7, 11) is 0. The van der Waals surface area contributed by atoms with Gasteiger partial charge in [-0.05, 0) is 39.2 Å². The molecule has 9 heteroatoms. The maximum Gasteiger partial charge on any atom is 0.364 e. The summed E-state index contributed by atoms with van der Waals surface area (Å²) >= 11 is 3.12. The first kappa shape index (κ1) is 11.6. The standard InChI is InChI=1S/C9H10BrN5O3/c10-8-3-7(18-11-8)6(16)4-14-9(17)15(13-12-14)5-1-2-5/h3,5-6,16H,1-2,4H2. The van der Waals surface area contributed by atoms with Crippen molar-refractivity contribution in [3.8, 4) is 0 Å². The van der Waals surface area contributed by atoms with E-state index in [1.54, 1.807) is 6.07 Å². The van der Waals surface area contributed by atoms with Crippen molar-refractivity contribution in [3.63, 3.8) is 0 Å². The molecule has 0 amide bonds. The highest BCUT2D eigenvalue weighted by atomic mass is 79.9. The van der Waals surface area contributed by atoms with E-state index in [4.69, 9.17) is 4.52 Å². The van der Waals surface area contributed by atoms with Crippen LogP contribution in [0.1, 0.15) is 30.7 Å². The number of tetrazole rings is 1. The lowest BCUT2D eigenvalue weighted by Gasteiger charge is -2.04. The van der Waals surface area contributed by atoms with E-state index in [-0.39, 0.29) is 24.0 Å². The normalized spacial score (nSPS) is 17.0. The number of aliphatic hydroxyl groups is 1. The zero-order chi connectivity index (χ0) is 12.7. The fourth-order valence-corrected chi connectivity index (χ4v) is 1.92. The van der Waals surface area contributed by atoms with Gasteiger partial charge < -0.3 is 9.63 Å². The van der Waals surface area contributed by atoms with E-state index in [0.717, 1.165) is 17.5 Å². The molecule has 3 rings (SSSR count). The monoisotopic (exact) mass is 315 g/mol. The number of halogens is 1. The van der Waals surface area contributed by atoms with Crippen LogP contribution >= 0.6 is 15.9 Å². The summed E-state index contributed by atoms with van der Waals surface area (Å²) in [6, 6.07) is 1.71. The first-order chi connectivity index (χ1) is 8.65. The second-order valence-electron chi connectivity index (χ2n) is 4.19. The minimum atomic E-state index is -0.981. The minimum absolute atomic E-state index is 0.00676. The Morgan fingerprint density at radius 2 is 2.33 bits per heavy atom. The molecule has 0 bridgehead atoms. The summed E-state index contributed by atoms with van der Waals surface area (Å²) in [5.74, 6) is 0.273. The van der Waals surface area contributed by atoms with Gasteiger partial charge in [0.25, 0.3) is 0 Å². The molecule has 18 heavy (non-hydrogen) atoms. The minimum Gasteiger partial charge on any atom is -0.383 e. The molecule has 0 aromatic carbocycles. The third-order valence-corrected chi connectivity index (χ3v) is 3.10. The van der Waals surface area contributed by atoms with E-state index in [2.05, 4.69) is 31.5 Å². The van der Waals surface area contributed by atoms with Crippen LogP contribution in [-0.2, 0) is 6.54 Å². The summed E-state index contributed by atoms with van der Waals surface area (Å²) < 4.78 is 7.85. The van der Waals surface area contributed by atoms with Gasteiger partial charge in [0, 0.05) is 6.07 Å². The Morgan fingerprint density at radius 1 is 1.56 bits per heavy atom. The van der Waals surface area contributed by atoms with E-state index in [9.17, 15) is 9.90 Å². The number of aliphatic hydroxyl groups excluding tert-OH is 1. The highest BCUT2D eigenvalue weighted by Crippen LogP contribution is 2.32. The SMILES string of the molecule is O=c1n(CC(O)c2cc(Br)no2)nnn1C1CC1. The fraction of sp³-hybridized carbons (Fsp3) is 0.556. The largest absolute Gasteiger partial charge is 0.383 e. The van der Waals surface area contributed by atoms with Gasteiger partial charge in [-0.25, -0.2) is 4.79 Å². The second-order valence-corrected chi connectivity index (χ2v) is 5.00. The quantitative estimate of drug-likeness (QED) is 0.868. The first-order valence-electron chi connectivity index (χ1n) is 5.47. The number of nitrogens with zero attached hydrogens (tertiary/aromatic N) is 5. The third kappa shape index (κ3) is 2.10. The van der Waals surface area contributed by atoms with Crippen LogP contribution in [0.25, 0.3) is 0 Å². The third-order valence-electron chi connectivity index (χ3n) is 2.73. The number of aromatic nitrogens is 5. The van der Waals surface area contributed by atoms with Crippen LogP contribution < -0.4 is 5.69 Å². The van der Waals surface area contributed by atoms with Crippen molar-refractivity contribution < 1.29 is 9.63 Å². The van der Waals surface area contributed by atoms with Crippen LogP contribution in [0.2, 0.25) is 0 Å². The summed E-state index contributed by atoms with van der Waals surface area (Å²) in [6.45, 7) is -0.00676. The Kier molecular flexibility index (Phi) is 2.78. The summed E-state index contributed by atoms with van der Waals surface area (Å²) in [4.78, 5) is 11.9. The van der Waals surface area contributed by atoms with Gasteiger partial charge in [-0.15, -0.1) is 0 Å². The average Bonchev–Trinajstić information content (AvgIpc) is 2.99. The molecule has 0 spiro atoms. The van der Waals surface area contributed by atoms with Crippen molar-refractivity contribution in [1.82, 2.24) is 24.9 Å². The van der Waals surface area contributed by atoms with Crippen LogP contribution in [-0.4, -0.2) is 30.1 Å². The molecule has 0 saturated heterocycles. The molecule has 96 valence electrons. The van der Waals surface area contributed by atoms with Crippen LogP contribution in [0, 0.1) is 0 Å². The van der Waals surface area contributed by atoms with Gasteiger partial charge in [-0.1, -0.05) is 5.16 Å². The van der Waals surface area contributed by atoms with Gasteiger partial charge in [0.15, 0.2) is 5.76 Å². The predicted molar refractivity (Wildman–Crippen MR) is 61.7 cm³/mol. The molecular weight excluding hydrogens is 306 g/mol. The molecule has 1 saturated carbocycles. The van der Waals surface area contributed by atoms with Crippen molar-refractivity contribution in [2.45, 2.75) is 31.5 Å². The first-order valence-corrected chi connectivity index (χ1v) is 6.27. The molecule has 1 atom stereocenters. The second kappa shape index (κ2) is 4.32. The van der Waals surface area contributed by atoms with Crippen molar-refractivity contribution in [1.29, 1.82) is 0 Å². The molecule has 1 aliphatic carbocycles. The fourth-order valence-electron chi connectivity index (χ4n) is 1.63. The smallest absolute Gasteiger partial charge is 0.364 e. The van der Waals surface area contributed by atoms with E-state index in [1.165, 1.54) is 4.68 Å². The molecule has 2 heterocycles. The topological polar surface area (TPSA) is 99.0 Å². The van der Waals surface area contributed by atoms with Crippen molar-refractivity contribution >= 4 is 15.9 Å². The van der Waals surface area contributed by atoms with Gasteiger partial charge in [0.1, 0.15) is 10.7 Å². The van der Waals surface area contributed by atoms with Crippen LogP contribution in [0.3, 0.4) is 0 Å². The molecule has 0 radical (unpaired) electrons. The highest BCUT2D eigenvalue weighted by Gasteiger charge is 2.28. The van der Waals surface area contributed by atoms with Crippen LogP contribution in [0.5, 0.6) is 0 Å². The van der Waals surface area contributed by atoms with E-state index in [1.807, 2.05) is 0 Å². The van der Waals surface area contributed by atoms with Crippen molar-refractivity contribution in [3.05, 3.63) is 26.9 Å². The molecule has 1 fully saturated rings. The molecule has 8 nitrogen and oxygen atoms in total. The number of rotatable bonds is 4. The van der Waals surface area contributed by atoms with Gasteiger partial charge in [-0.2, -0.15) is 9.36 Å². The lowest BCUT2D eigenvalue weighted by Crippen LogP contribution is -2.26.